The lowest BCUT2D eigenvalue weighted by atomic mass is 10.2. The molecule has 0 saturated heterocycles. The Hall–Kier alpha value is -0.840. The Morgan fingerprint density at radius 3 is 2.79 bits per heavy atom. The number of furan rings is 1. The second-order valence-electron chi connectivity index (χ2n) is 5.29. The lowest BCUT2D eigenvalue weighted by Crippen LogP contribution is -2.22. The maximum absolute atomic E-state index is 5.90. The highest BCUT2D eigenvalue weighted by molar-refractivity contribution is 5.20. The molecular formula is C15H28N2O2. The van der Waals surface area contributed by atoms with E-state index in [1.165, 1.54) is 5.56 Å². The number of rotatable bonds is 9. The highest BCUT2D eigenvalue weighted by Gasteiger charge is 2.09. The lowest BCUT2D eigenvalue weighted by Gasteiger charge is -2.14. The van der Waals surface area contributed by atoms with Crippen LogP contribution < -0.4 is 5.32 Å². The molecule has 0 amide bonds. The summed E-state index contributed by atoms with van der Waals surface area (Å²) in [7, 11) is 2.09. The van der Waals surface area contributed by atoms with E-state index in [0.29, 0.717) is 6.04 Å². The minimum atomic E-state index is 0.474. The molecule has 1 aromatic heterocycles. The monoisotopic (exact) mass is 268 g/mol. The van der Waals surface area contributed by atoms with Gasteiger partial charge in [0.2, 0.25) is 0 Å². The summed E-state index contributed by atoms with van der Waals surface area (Å²) in [5.41, 5.74) is 1.22. The summed E-state index contributed by atoms with van der Waals surface area (Å²) in [5.74, 6) is 2.07. The highest BCUT2D eigenvalue weighted by atomic mass is 16.5. The van der Waals surface area contributed by atoms with Crippen molar-refractivity contribution in [2.45, 2.75) is 46.8 Å². The Balaban J connectivity index is 2.43. The van der Waals surface area contributed by atoms with Crippen molar-refractivity contribution in [2.24, 2.45) is 0 Å². The summed E-state index contributed by atoms with van der Waals surface area (Å²) in [4.78, 5) is 2.22. The number of nitrogens with one attached hydrogen (secondary N) is 1. The van der Waals surface area contributed by atoms with E-state index in [2.05, 4.69) is 44.1 Å². The molecule has 1 rings (SSSR count). The third kappa shape index (κ3) is 6.23. The topological polar surface area (TPSA) is 37.6 Å². The number of hydrogen-bond donors (Lipinski definition) is 1. The molecule has 110 valence electrons. The molecule has 0 atom stereocenters. The normalized spacial score (nSPS) is 11.7. The van der Waals surface area contributed by atoms with Crippen LogP contribution in [0.3, 0.4) is 0 Å². The predicted molar refractivity (Wildman–Crippen MR) is 78.2 cm³/mol. The van der Waals surface area contributed by atoms with Gasteiger partial charge in [-0.1, -0.05) is 13.8 Å². The first-order chi connectivity index (χ1) is 9.02. The van der Waals surface area contributed by atoms with Gasteiger partial charge in [0.1, 0.15) is 11.5 Å². The fraction of sp³-hybridized carbons (Fsp3) is 0.733. The largest absolute Gasteiger partial charge is 0.463 e. The predicted octanol–water partition coefficient (Wildman–Crippen LogP) is 2.55. The first-order valence-electron chi connectivity index (χ1n) is 7.10. The highest BCUT2D eigenvalue weighted by Crippen LogP contribution is 2.16. The van der Waals surface area contributed by atoms with Gasteiger partial charge in [0.05, 0.1) is 19.7 Å². The first kappa shape index (κ1) is 16.2. The SMILES string of the molecule is CCOCCN(C)Cc1cc(C)c(CNC(C)C)o1. The average Bonchev–Trinajstić information content (AvgIpc) is 2.67. The quantitative estimate of drug-likeness (QED) is 0.699. The standard InChI is InChI=1S/C15H28N2O2/c1-6-18-8-7-17(5)11-14-9-13(4)15(19-14)10-16-12(2)3/h9,12,16H,6-8,10-11H2,1-5H3. The van der Waals surface area contributed by atoms with Gasteiger partial charge < -0.3 is 14.5 Å². The van der Waals surface area contributed by atoms with Crippen LogP contribution in [0.1, 0.15) is 37.9 Å². The maximum Gasteiger partial charge on any atom is 0.120 e. The zero-order chi connectivity index (χ0) is 14.3. The second-order valence-corrected chi connectivity index (χ2v) is 5.29. The number of nitrogens with zero attached hydrogens (tertiary/aromatic N) is 1. The summed E-state index contributed by atoms with van der Waals surface area (Å²) in [5, 5.41) is 3.38. The maximum atomic E-state index is 5.90. The summed E-state index contributed by atoms with van der Waals surface area (Å²) >= 11 is 0. The number of aryl methyl sites for hydroxylation is 1. The lowest BCUT2D eigenvalue weighted by molar-refractivity contribution is 0.118. The van der Waals surface area contributed by atoms with E-state index in [4.69, 9.17) is 9.15 Å². The van der Waals surface area contributed by atoms with Crippen molar-refractivity contribution in [1.82, 2.24) is 10.2 Å². The first-order valence-corrected chi connectivity index (χ1v) is 7.10. The van der Waals surface area contributed by atoms with Crippen LogP contribution in [0.4, 0.5) is 0 Å². The third-order valence-corrected chi connectivity index (χ3v) is 2.99. The summed E-state index contributed by atoms with van der Waals surface area (Å²) in [6, 6.07) is 2.61. The molecule has 4 nitrogen and oxygen atoms in total. The molecule has 19 heavy (non-hydrogen) atoms. The van der Waals surface area contributed by atoms with Crippen molar-refractivity contribution in [2.75, 3.05) is 26.8 Å². The molecule has 0 unspecified atom stereocenters. The van der Waals surface area contributed by atoms with Crippen molar-refractivity contribution in [3.05, 3.63) is 23.2 Å². The average molecular weight is 268 g/mol. The molecule has 1 aromatic rings. The molecule has 0 saturated carbocycles. The fourth-order valence-corrected chi connectivity index (χ4v) is 1.85. The molecule has 0 fully saturated rings. The van der Waals surface area contributed by atoms with Crippen LogP contribution >= 0.6 is 0 Å². The van der Waals surface area contributed by atoms with E-state index in [-0.39, 0.29) is 0 Å². The Bertz CT molecular complexity index is 361. The molecule has 0 bridgehead atoms. The van der Waals surface area contributed by atoms with E-state index < -0.39 is 0 Å². The van der Waals surface area contributed by atoms with E-state index >= 15 is 0 Å². The molecule has 0 aliphatic carbocycles. The van der Waals surface area contributed by atoms with Crippen LogP contribution in [0.5, 0.6) is 0 Å². The van der Waals surface area contributed by atoms with Gasteiger partial charge >= 0.3 is 0 Å². The molecular weight excluding hydrogens is 240 g/mol. The van der Waals surface area contributed by atoms with Crippen molar-refractivity contribution in [3.8, 4) is 0 Å². The number of ether oxygens (including phenoxy) is 1. The van der Waals surface area contributed by atoms with E-state index in [9.17, 15) is 0 Å². The van der Waals surface area contributed by atoms with Crippen LogP contribution in [0.2, 0.25) is 0 Å². The van der Waals surface area contributed by atoms with Crippen LogP contribution in [-0.4, -0.2) is 37.7 Å². The van der Waals surface area contributed by atoms with Gasteiger partial charge in [-0.3, -0.25) is 4.90 Å². The molecule has 4 heteroatoms. The smallest absolute Gasteiger partial charge is 0.120 e. The van der Waals surface area contributed by atoms with Crippen molar-refractivity contribution in [1.29, 1.82) is 0 Å². The van der Waals surface area contributed by atoms with Gasteiger partial charge in [0.25, 0.3) is 0 Å². The minimum Gasteiger partial charge on any atom is -0.463 e. The number of hydrogen-bond acceptors (Lipinski definition) is 4. The molecule has 1 N–H and O–H groups in total. The Morgan fingerprint density at radius 2 is 2.16 bits per heavy atom. The van der Waals surface area contributed by atoms with Gasteiger partial charge in [-0.15, -0.1) is 0 Å². The summed E-state index contributed by atoms with van der Waals surface area (Å²) < 4.78 is 11.3. The van der Waals surface area contributed by atoms with Gasteiger partial charge in [-0.25, -0.2) is 0 Å². The van der Waals surface area contributed by atoms with Crippen LogP contribution in [0.15, 0.2) is 10.5 Å². The van der Waals surface area contributed by atoms with Gasteiger partial charge in [-0.05, 0) is 32.5 Å². The molecule has 1 heterocycles. The van der Waals surface area contributed by atoms with Crippen LogP contribution in [0.25, 0.3) is 0 Å². The summed E-state index contributed by atoms with van der Waals surface area (Å²) in [6.07, 6.45) is 0. The third-order valence-electron chi connectivity index (χ3n) is 2.99. The Morgan fingerprint density at radius 1 is 1.42 bits per heavy atom. The molecule has 0 aliphatic heterocycles. The molecule has 0 aliphatic rings. The van der Waals surface area contributed by atoms with E-state index in [1.807, 2.05) is 6.92 Å². The van der Waals surface area contributed by atoms with Crippen molar-refractivity contribution >= 4 is 0 Å². The Labute approximate surface area is 117 Å². The zero-order valence-corrected chi connectivity index (χ0v) is 13.0. The van der Waals surface area contributed by atoms with Crippen LogP contribution in [0, 0.1) is 6.92 Å². The van der Waals surface area contributed by atoms with Crippen molar-refractivity contribution < 1.29 is 9.15 Å². The van der Waals surface area contributed by atoms with E-state index in [0.717, 1.165) is 44.4 Å². The fourth-order valence-electron chi connectivity index (χ4n) is 1.85. The van der Waals surface area contributed by atoms with Gasteiger partial charge in [-0.2, -0.15) is 0 Å². The Kier molecular flexibility index (Phi) is 7.13. The summed E-state index contributed by atoms with van der Waals surface area (Å²) in [6.45, 7) is 12.5. The van der Waals surface area contributed by atoms with E-state index in [1.54, 1.807) is 0 Å². The van der Waals surface area contributed by atoms with Crippen LogP contribution in [-0.2, 0) is 17.8 Å². The second kappa shape index (κ2) is 8.35. The molecule has 0 spiro atoms. The zero-order valence-electron chi connectivity index (χ0n) is 13.0. The molecule has 0 radical (unpaired) electrons. The molecule has 0 aromatic carbocycles. The van der Waals surface area contributed by atoms with Crippen molar-refractivity contribution in [3.63, 3.8) is 0 Å². The minimum absolute atomic E-state index is 0.474. The van der Waals surface area contributed by atoms with Gasteiger partial charge in [0, 0.05) is 19.2 Å². The number of likely N-dealkylation sites (N-methyl/N-ethyl adjacent to an activating group) is 1. The van der Waals surface area contributed by atoms with Gasteiger partial charge in [0.15, 0.2) is 0 Å².